The average molecular weight is 354 g/mol. The molecule has 0 saturated carbocycles. The van der Waals surface area contributed by atoms with Crippen LogP contribution in [0, 0.1) is 9.39 Å². The van der Waals surface area contributed by atoms with Gasteiger partial charge in [-0.2, -0.15) is 15.4 Å². The second-order valence-electron chi connectivity index (χ2n) is 3.78. The Balaban J connectivity index is 1.95. The molecule has 3 rings (SSSR count). The zero-order valence-corrected chi connectivity index (χ0v) is 11.3. The standard InChI is InChI=1S/C12H8FIN4/c13-9-5-7(14)1-3-10(9)15-8-2-4-11-12(6-8)17-18-16-11/h1-6,15H,(H,16,17,18). The van der Waals surface area contributed by atoms with E-state index in [2.05, 4.69) is 43.3 Å². The average Bonchev–Trinajstić information content (AvgIpc) is 2.80. The summed E-state index contributed by atoms with van der Waals surface area (Å²) in [6.07, 6.45) is 0. The first-order valence-electron chi connectivity index (χ1n) is 5.25. The molecule has 2 N–H and O–H groups in total. The van der Waals surface area contributed by atoms with E-state index in [9.17, 15) is 4.39 Å². The summed E-state index contributed by atoms with van der Waals surface area (Å²) >= 11 is 2.07. The molecule has 0 aliphatic heterocycles. The molecule has 0 unspecified atom stereocenters. The van der Waals surface area contributed by atoms with Crippen molar-refractivity contribution < 1.29 is 4.39 Å². The van der Waals surface area contributed by atoms with Gasteiger partial charge in [0, 0.05) is 9.26 Å². The molecule has 0 bridgehead atoms. The second-order valence-corrected chi connectivity index (χ2v) is 5.02. The molecule has 18 heavy (non-hydrogen) atoms. The molecule has 4 nitrogen and oxygen atoms in total. The van der Waals surface area contributed by atoms with E-state index in [0.717, 1.165) is 20.3 Å². The van der Waals surface area contributed by atoms with Crippen LogP contribution in [-0.4, -0.2) is 15.4 Å². The summed E-state index contributed by atoms with van der Waals surface area (Å²) in [6.45, 7) is 0. The number of fused-ring (bicyclic) bond motifs is 1. The van der Waals surface area contributed by atoms with E-state index < -0.39 is 0 Å². The molecule has 0 radical (unpaired) electrons. The maximum absolute atomic E-state index is 13.7. The van der Waals surface area contributed by atoms with Crippen LogP contribution in [0.2, 0.25) is 0 Å². The lowest BCUT2D eigenvalue weighted by molar-refractivity contribution is 0.631. The predicted octanol–water partition coefficient (Wildman–Crippen LogP) is 3.45. The molecule has 3 aromatic rings. The fourth-order valence-electron chi connectivity index (χ4n) is 1.66. The van der Waals surface area contributed by atoms with Crippen molar-refractivity contribution in [3.05, 3.63) is 45.8 Å². The van der Waals surface area contributed by atoms with Gasteiger partial charge in [-0.05, 0) is 59.0 Å². The minimum Gasteiger partial charge on any atom is -0.353 e. The summed E-state index contributed by atoms with van der Waals surface area (Å²) in [7, 11) is 0. The Hall–Kier alpha value is -1.70. The van der Waals surface area contributed by atoms with E-state index in [1.165, 1.54) is 6.07 Å². The van der Waals surface area contributed by atoms with Gasteiger partial charge in [-0.15, -0.1) is 0 Å². The highest BCUT2D eigenvalue weighted by Gasteiger charge is 2.04. The topological polar surface area (TPSA) is 53.6 Å². The number of H-pyrrole nitrogens is 1. The van der Waals surface area contributed by atoms with Gasteiger partial charge in [-0.25, -0.2) is 4.39 Å². The molecule has 0 saturated heterocycles. The number of nitrogens with one attached hydrogen (secondary N) is 2. The number of aromatic amines is 1. The maximum Gasteiger partial charge on any atom is 0.147 e. The monoisotopic (exact) mass is 354 g/mol. The molecule has 0 atom stereocenters. The fraction of sp³-hybridized carbons (Fsp3) is 0. The molecule has 0 fully saturated rings. The van der Waals surface area contributed by atoms with Crippen LogP contribution in [-0.2, 0) is 0 Å². The number of aromatic nitrogens is 3. The molecule has 2 aromatic carbocycles. The van der Waals surface area contributed by atoms with Gasteiger partial charge in [0.25, 0.3) is 0 Å². The molecule has 0 spiro atoms. The first-order valence-corrected chi connectivity index (χ1v) is 6.33. The van der Waals surface area contributed by atoms with E-state index in [0.29, 0.717) is 5.69 Å². The fourth-order valence-corrected chi connectivity index (χ4v) is 2.12. The van der Waals surface area contributed by atoms with Crippen LogP contribution in [0.4, 0.5) is 15.8 Å². The van der Waals surface area contributed by atoms with Crippen LogP contribution in [0.15, 0.2) is 36.4 Å². The first kappa shape index (κ1) is 11.4. The number of nitrogens with zero attached hydrogens (tertiary/aromatic N) is 2. The highest BCUT2D eigenvalue weighted by molar-refractivity contribution is 14.1. The quantitative estimate of drug-likeness (QED) is 0.694. The zero-order chi connectivity index (χ0) is 12.5. The van der Waals surface area contributed by atoms with Crippen molar-refractivity contribution in [2.45, 2.75) is 0 Å². The first-order chi connectivity index (χ1) is 8.72. The largest absolute Gasteiger partial charge is 0.353 e. The smallest absolute Gasteiger partial charge is 0.147 e. The Morgan fingerprint density at radius 2 is 1.89 bits per heavy atom. The van der Waals surface area contributed by atoms with Crippen molar-refractivity contribution in [3.8, 4) is 0 Å². The third-order valence-corrected chi connectivity index (χ3v) is 3.20. The van der Waals surface area contributed by atoms with Crippen LogP contribution in [0.1, 0.15) is 0 Å². The van der Waals surface area contributed by atoms with E-state index >= 15 is 0 Å². The van der Waals surface area contributed by atoms with E-state index in [1.807, 2.05) is 24.3 Å². The van der Waals surface area contributed by atoms with Gasteiger partial charge in [-0.1, -0.05) is 0 Å². The molecule has 90 valence electrons. The SMILES string of the molecule is Fc1cc(I)ccc1Nc1ccc2n[nH]nc2c1. The summed E-state index contributed by atoms with van der Waals surface area (Å²) in [5.41, 5.74) is 2.74. The van der Waals surface area contributed by atoms with Gasteiger partial charge in [-0.3, -0.25) is 0 Å². The Labute approximate surface area is 116 Å². The summed E-state index contributed by atoms with van der Waals surface area (Å²) in [4.78, 5) is 0. The summed E-state index contributed by atoms with van der Waals surface area (Å²) < 4.78 is 14.6. The Morgan fingerprint density at radius 1 is 1.06 bits per heavy atom. The number of benzene rings is 2. The van der Waals surface area contributed by atoms with Gasteiger partial charge >= 0.3 is 0 Å². The lowest BCUT2D eigenvalue weighted by atomic mass is 10.2. The lowest BCUT2D eigenvalue weighted by Crippen LogP contribution is -1.94. The van der Waals surface area contributed by atoms with Crippen LogP contribution in [0.3, 0.4) is 0 Å². The normalized spacial score (nSPS) is 10.8. The number of halogens is 2. The van der Waals surface area contributed by atoms with Gasteiger partial charge in [0.2, 0.25) is 0 Å². The van der Waals surface area contributed by atoms with Crippen LogP contribution >= 0.6 is 22.6 Å². The number of rotatable bonds is 2. The molecule has 1 aromatic heterocycles. The van der Waals surface area contributed by atoms with Crippen molar-refractivity contribution in [1.82, 2.24) is 15.4 Å². The lowest BCUT2D eigenvalue weighted by Gasteiger charge is -2.07. The van der Waals surface area contributed by atoms with Gasteiger partial charge in [0.1, 0.15) is 16.9 Å². The van der Waals surface area contributed by atoms with Crippen molar-refractivity contribution in [1.29, 1.82) is 0 Å². The molecule has 1 heterocycles. The predicted molar refractivity (Wildman–Crippen MR) is 76.3 cm³/mol. The van der Waals surface area contributed by atoms with Gasteiger partial charge in [0.05, 0.1) is 5.69 Å². The summed E-state index contributed by atoms with van der Waals surface area (Å²) in [5, 5.41) is 13.5. The molecule has 0 aliphatic carbocycles. The Bertz CT molecular complexity index is 710. The summed E-state index contributed by atoms with van der Waals surface area (Å²) in [6, 6.07) is 10.5. The molecule has 0 aliphatic rings. The molecule has 0 amide bonds. The highest BCUT2D eigenvalue weighted by atomic mass is 127. The highest BCUT2D eigenvalue weighted by Crippen LogP contribution is 2.23. The number of hydrogen-bond donors (Lipinski definition) is 2. The van der Waals surface area contributed by atoms with Crippen molar-refractivity contribution in [2.75, 3.05) is 5.32 Å². The van der Waals surface area contributed by atoms with Crippen molar-refractivity contribution >= 4 is 45.0 Å². The molecular weight excluding hydrogens is 346 g/mol. The number of anilines is 2. The maximum atomic E-state index is 13.7. The van der Waals surface area contributed by atoms with Crippen LogP contribution in [0.25, 0.3) is 11.0 Å². The van der Waals surface area contributed by atoms with E-state index in [4.69, 9.17) is 0 Å². The van der Waals surface area contributed by atoms with Gasteiger partial charge < -0.3 is 5.32 Å². The minimum atomic E-state index is -0.276. The molecular formula is C12H8FIN4. The van der Waals surface area contributed by atoms with Crippen LogP contribution < -0.4 is 5.32 Å². The Kier molecular flexibility index (Phi) is 2.86. The van der Waals surface area contributed by atoms with Gasteiger partial charge in [0.15, 0.2) is 0 Å². The second kappa shape index (κ2) is 4.52. The van der Waals surface area contributed by atoms with Crippen molar-refractivity contribution in [3.63, 3.8) is 0 Å². The number of hydrogen-bond acceptors (Lipinski definition) is 3. The van der Waals surface area contributed by atoms with E-state index in [1.54, 1.807) is 6.07 Å². The van der Waals surface area contributed by atoms with Crippen molar-refractivity contribution in [2.24, 2.45) is 0 Å². The van der Waals surface area contributed by atoms with E-state index in [-0.39, 0.29) is 5.82 Å². The minimum absolute atomic E-state index is 0.276. The summed E-state index contributed by atoms with van der Waals surface area (Å²) in [5.74, 6) is -0.276. The third-order valence-electron chi connectivity index (χ3n) is 2.53. The molecule has 6 heteroatoms. The third kappa shape index (κ3) is 2.15. The Morgan fingerprint density at radius 3 is 2.72 bits per heavy atom. The van der Waals surface area contributed by atoms with Crippen LogP contribution in [0.5, 0.6) is 0 Å². The zero-order valence-electron chi connectivity index (χ0n) is 9.11.